The van der Waals surface area contributed by atoms with Crippen molar-refractivity contribution >= 4 is 39.1 Å². The number of sulfonamides is 1. The molecule has 120 valence electrons. The standard InChI is InChI=1S/C10H12F3NO4S3/c1-6-5-19-7(9(15)18-2)8(6)21(16,17)14-3-4-20-10(11,12)13/h5,14H,3-4H2,1-2H3. The second-order valence-corrected chi connectivity index (χ2v) is 7.50. The average molecular weight is 363 g/mol. The smallest absolute Gasteiger partial charge is 0.441 e. The topological polar surface area (TPSA) is 72.5 Å². The van der Waals surface area contributed by atoms with E-state index in [2.05, 4.69) is 4.74 Å². The first-order valence-electron chi connectivity index (χ1n) is 5.45. The second-order valence-electron chi connectivity index (χ2n) is 3.76. The van der Waals surface area contributed by atoms with Gasteiger partial charge in [0.15, 0.2) is 0 Å². The molecular formula is C10H12F3NO4S3. The number of aryl methyl sites for hydroxylation is 1. The summed E-state index contributed by atoms with van der Waals surface area (Å²) in [6, 6.07) is 0. The van der Waals surface area contributed by atoms with E-state index in [9.17, 15) is 26.4 Å². The van der Waals surface area contributed by atoms with Crippen LogP contribution in [-0.4, -0.2) is 39.3 Å². The summed E-state index contributed by atoms with van der Waals surface area (Å²) < 4.78 is 66.5. The zero-order valence-corrected chi connectivity index (χ0v) is 13.4. The molecule has 0 unspecified atom stereocenters. The molecule has 0 saturated carbocycles. The summed E-state index contributed by atoms with van der Waals surface area (Å²) in [5.41, 5.74) is -4.09. The number of nitrogens with one attached hydrogen (secondary N) is 1. The van der Waals surface area contributed by atoms with Crippen molar-refractivity contribution in [3.63, 3.8) is 0 Å². The van der Waals surface area contributed by atoms with Gasteiger partial charge >= 0.3 is 11.5 Å². The molecule has 0 aliphatic rings. The Bertz CT molecular complexity index is 610. The number of rotatable bonds is 6. The van der Waals surface area contributed by atoms with E-state index in [-0.39, 0.29) is 21.5 Å². The van der Waals surface area contributed by atoms with Gasteiger partial charge in [0.1, 0.15) is 9.77 Å². The van der Waals surface area contributed by atoms with Crippen LogP contribution in [0.25, 0.3) is 0 Å². The molecule has 0 spiro atoms. The van der Waals surface area contributed by atoms with Crippen molar-refractivity contribution in [2.24, 2.45) is 0 Å². The highest BCUT2D eigenvalue weighted by atomic mass is 32.2. The highest BCUT2D eigenvalue weighted by Crippen LogP contribution is 2.30. The third-order valence-corrected chi connectivity index (χ3v) is 5.81. The summed E-state index contributed by atoms with van der Waals surface area (Å²) in [5, 5.41) is 1.46. The van der Waals surface area contributed by atoms with Crippen LogP contribution in [0.4, 0.5) is 13.2 Å². The number of alkyl halides is 3. The predicted molar refractivity (Wildman–Crippen MR) is 74.1 cm³/mol. The highest BCUT2D eigenvalue weighted by molar-refractivity contribution is 8.00. The Kier molecular flexibility index (Phi) is 6.08. The quantitative estimate of drug-likeness (QED) is 0.621. The summed E-state index contributed by atoms with van der Waals surface area (Å²) in [5.74, 6) is -1.27. The number of esters is 1. The van der Waals surface area contributed by atoms with Crippen molar-refractivity contribution in [3.8, 4) is 0 Å². The van der Waals surface area contributed by atoms with Crippen LogP contribution in [0.3, 0.4) is 0 Å². The molecule has 1 rings (SSSR count). The molecule has 0 bridgehead atoms. The van der Waals surface area contributed by atoms with E-state index in [1.54, 1.807) is 0 Å². The Morgan fingerprint density at radius 1 is 1.48 bits per heavy atom. The van der Waals surface area contributed by atoms with E-state index in [0.717, 1.165) is 18.4 Å². The molecule has 5 nitrogen and oxygen atoms in total. The Hall–Kier alpha value is -0.780. The largest absolute Gasteiger partial charge is 0.465 e. The van der Waals surface area contributed by atoms with E-state index in [1.807, 2.05) is 4.72 Å². The molecular weight excluding hydrogens is 351 g/mol. The molecule has 11 heteroatoms. The fourth-order valence-electron chi connectivity index (χ4n) is 1.42. The summed E-state index contributed by atoms with van der Waals surface area (Å²) in [6.45, 7) is 1.09. The van der Waals surface area contributed by atoms with Crippen LogP contribution >= 0.6 is 23.1 Å². The Morgan fingerprint density at radius 2 is 2.10 bits per heavy atom. The number of ether oxygens (including phenoxy) is 1. The predicted octanol–water partition coefficient (Wildman–Crippen LogP) is 2.37. The minimum Gasteiger partial charge on any atom is -0.465 e. The first kappa shape index (κ1) is 18.3. The van der Waals surface area contributed by atoms with Gasteiger partial charge in [0.2, 0.25) is 10.0 Å². The lowest BCUT2D eigenvalue weighted by Crippen LogP contribution is -2.28. The van der Waals surface area contributed by atoms with Gasteiger partial charge in [-0.2, -0.15) is 13.2 Å². The first-order chi connectivity index (χ1) is 9.58. The summed E-state index contributed by atoms with van der Waals surface area (Å²) in [6.07, 6.45) is 0. The summed E-state index contributed by atoms with van der Waals surface area (Å²) >= 11 is 0.575. The van der Waals surface area contributed by atoms with Crippen molar-refractivity contribution in [1.29, 1.82) is 0 Å². The Labute approximate surface area is 127 Å². The lowest BCUT2D eigenvalue weighted by Gasteiger charge is -2.09. The molecule has 0 aromatic carbocycles. The van der Waals surface area contributed by atoms with Gasteiger partial charge in [-0.1, -0.05) is 0 Å². The monoisotopic (exact) mass is 363 g/mol. The first-order valence-corrected chi connectivity index (χ1v) is 8.80. The van der Waals surface area contributed by atoms with Gasteiger partial charge in [-0.05, 0) is 29.6 Å². The minimum atomic E-state index is -4.42. The molecule has 0 saturated heterocycles. The van der Waals surface area contributed by atoms with Gasteiger partial charge in [-0.15, -0.1) is 11.3 Å². The fraction of sp³-hybridized carbons (Fsp3) is 0.500. The average Bonchev–Trinajstić information content (AvgIpc) is 2.75. The van der Waals surface area contributed by atoms with E-state index >= 15 is 0 Å². The highest BCUT2D eigenvalue weighted by Gasteiger charge is 2.29. The van der Waals surface area contributed by atoms with Crippen LogP contribution < -0.4 is 4.72 Å². The molecule has 0 fully saturated rings. The third-order valence-electron chi connectivity index (χ3n) is 2.22. The summed E-state index contributed by atoms with van der Waals surface area (Å²) in [7, 11) is -2.96. The molecule has 0 amide bonds. The normalized spacial score (nSPS) is 12.4. The number of hydrogen-bond donors (Lipinski definition) is 1. The maximum Gasteiger partial charge on any atom is 0.441 e. The van der Waals surface area contributed by atoms with Gasteiger partial charge in [0.25, 0.3) is 0 Å². The molecule has 0 radical (unpaired) electrons. The number of carbonyl (C=O) groups is 1. The van der Waals surface area contributed by atoms with Crippen LogP contribution in [0.5, 0.6) is 0 Å². The number of hydrogen-bond acceptors (Lipinski definition) is 6. The van der Waals surface area contributed by atoms with Gasteiger partial charge in [-0.25, -0.2) is 17.9 Å². The molecule has 1 N–H and O–H groups in total. The number of methoxy groups -OCH3 is 1. The Morgan fingerprint density at radius 3 is 2.62 bits per heavy atom. The lowest BCUT2D eigenvalue weighted by atomic mass is 10.3. The van der Waals surface area contributed by atoms with Crippen LogP contribution in [0, 0.1) is 6.92 Å². The second kappa shape index (κ2) is 6.99. The third kappa shape index (κ3) is 5.16. The molecule has 21 heavy (non-hydrogen) atoms. The van der Waals surface area contributed by atoms with Gasteiger partial charge in [-0.3, -0.25) is 0 Å². The van der Waals surface area contributed by atoms with Crippen LogP contribution in [0.2, 0.25) is 0 Å². The van der Waals surface area contributed by atoms with Crippen LogP contribution in [0.1, 0.15) is 15.2 Å². The zero-order valence-electron chi connectivity index (χ0n) is 11.0. The molecule has 1 aromatic rings. The SMILES string of the molecule is COC(=O)c1scc(C)c1S(=O)(=O)NCCSC(F)(F)F. The number of thiophene rings is 1. The zero-order chi connectivity index (χ0) is 16.3. The fourth-order valence-corrected chi connectivity index (χ4v) is 4.71. The van der Waals surface area contributed by atoms with Crippen molar-refractivity contribution in [2.75, 3.05) is 19.4 Å². The van der Waals surface area contributed by atoms with Gasteiger partial charge < -0.3 is 4.74 Å². The summed E-state index contributed by atoms with van der Waals surface area (Å²) in [4.78, 5) is 11.1. The van der Waals surface area contributed by atoms with E-state index in [0.29, 0.717) is 5.56 Å². The number of carbonyl (C=O) groups excluding carboxylic acids is 1. The van der Waals surface area contributed by atoms with E-state index < -0.39 is 33.8 Å². The molecule has 1 aromatic heterocycles. The van der Waals surface area contributed by atoms with Crippen molar-refractivity contribution in [3.05, 3.63) is 15.8 Å². The molecule has 0 aliphatic carbocycles. The van der Waals surface area contributed by atoms with Crippen molar-refractivity contribution in [2.45, 2.75) is 17.3 Å². The number of halogens is 3. The van der Waals surface area contributed by atoms with Gasteiger partial charge in [0.05, 0.1) is 7.11 Å². The van der Waals surface area contributed by atoms with Crippen LogP contribution in [-0.2, 0) is 14.8 Å². The van der Waals surface area contributed by atoms with Crippen LogP contribution in [0.15, 0.2) is 10.3 Å². The molecule has 0 atom stereocenters. The lowest BCUT2D eigenvalue weighted by molar-refractivity contribution is -0.0327. The maximum atomic E-state index is 12.1. The van der Waals surface area contributed by atoms with Crippen molar-refractivity contribution in [1.82, 2.24) is 4.72 Å². The Balaban J connectivity index is 2.84. The molecule has 0 aliphatic heterocycles. The minimum absolute atomic E-state index is 0.106. The van der Waals surface area contributed by atoms with Gasteiger partial charge in [0, 0.05) is 12.3 Å². The van der Waals surface area contributed by atoms with E-state index in [1.165, 1.54) is 12.3 Å². The maximum absolute atomic E-state index is 12.1. The molecule has 1 heterocycles. The van der Waals surface area contributed by atoms with Crippen molar-refractivity contribution < 1.29 is 31.1 Å². The van der Waals surface area contributed by atoms with E-state index in [4.69, 9.17) is 0 Å². The number of thioether (sulfide) groups is 1.